The summed E-state index contributed by atoms with van der Waals surface area (Å²) < 4.78 is 5.43. The van der Waals surface area contributed by atoms with Gasteiger partial charge in [-0.1, -0.05) is 41.9 Å². The minimum absolute atomic E-state index is 0.0135. The summed E-state index contributed by atoms with van der Waals surface area (Å²) in [5.41, 5.74) is 1.92. The number of carbonyl (C=O) groups is 1. The molecule has 0 spiro atoms. The summed E-state index contributed by atoms with van der Waals surface area (Å²) in [7, 11) is 1.68. The number of nitrogens with zero attached hydrogens (tertiary/aromatic N) is 2. The van der Waals surface area contributed by atoms with Crippen molar-refractivity contribution in [3.63, 3.8) is 0 Å². The Hall–Kier alpha value is -2.46. The van der Waals surface area contributed by atoms with E-state index < -0.39 is 0 Å². The van der Waals surface area contributed by atoms with Gasteiger partial charge in [-0.3, -0.25) is 4.79 Å². The van der Waals surface area contributed by atoms with E-state index in [1.54, 1.807) is 19.3 Å². The predicted molar refractivity (Wildman–Crippen MR) is 102 cm³/mol. The molecule has 0 N–H and O–H groups in total. The van der Waals surface area contributed by atoms with Crippen LogP contribution in [0, 0.1) is 0 Å². The lowest BCUT2D eigenvalue weighted by Crippen LogP contribution is -2.48. The molecule has 1 aliphatic rings. The molecule has 0 radical (unpaired) electrons. The second kappa shape index (κ2) is 8.08. The lowest BCUT2D eigenvalue weighted by atomic mass is 10.2. The summed E-state index contributed by atoms with van der Waals surface area (Å²) in [4.78, 5) is 16.5. The average Bonchev–Trinajstić information content (AvgIpc) is 2.67. The Bertz CT molecular complexity index is 768. The number of hydrogen-bond acceptors (Lipinski definition) is 3. The van der Waals surface area contributed by atoms with E-state index in [9.17, 15) is 4.79 Å². The minimum Gasteiger partial charge on any atom is -0.495 e. The fourth-order valence-corrected chi connectivity index (χ4v) is 3.13. The second-order valence-corrected chi connectivity index (χ2v) is 6.25. The molecule has 0 saturated carbocycles. The van der Waals surface area contributed by atoms with E-state index in [1.807, 2.05) is 53.4 Å². The smallest absolute Gasteiger partial charge is 0.246 e. The van der Waals surface area contributed by atoms with Crippen molar-refractivity contribution in [2.45, 2.75) is 0 Å². The predicted octanol–water partition coefficient (Wildman–Crippen LogP) is 3.71. The van der Waals surface area contributed by atoms with Crippen molar-refractivity contribution in [2.75, 3.05) is 38.2 Å². The van der Waals surface area contributed by atoms with Gasteiger partial charge in [0.25, 0.3) is 0 Å². The summed E-state index contributed by atoms with van der Waals surface area (Å²) in [5.74, 6) is 0.875. The second-order valence-electron chi connectivity index (χ2n) is 5.84. The highest BCUT2D eigenvalue weighted by Gasteiger charge is 2.21. The molecule has 5 heteroatoms. The van der Waals surface area contributed by atoms with Crippen LogP contribution in [0.2, 0.25) is 5.02 Å². The van der Waals surface area contributed by atoms with Crippen molar-refractivity contribution >= 4 is 29.3 Å². The van der Waals surface area contributed by atoms with Crippen LogP contribution in [0.15, 0.2) is 54.6 Å². The number of carbonyl (C=O) groups excluding carboxylic acids is 1. The first kappa shape index (κ1) is 17.4. The molecule has 0 aliphatic carbocycles. The average molecular weight is 357 g/mol. The number of para-hydroxylation sites is 2. The Kier molecular flexibility index (Phi) is 5.61. The van der Waals surface area contributed by atoms with E-state index in [0.29, 0.717) is 18.1 Å². The maximum atomic E-state index is 12.4. The molecule has 2 aromatic rings. The Balaban J connectivity index is 1.60. The molecule has 4 nitrogen and oxygen atoms in total. The summed E-state index contributed by atoms with van der Waals surface area (Å²) >= 11 is 6.11. The van der Waals surface area contributed by atoms with Gasteiger partial charge in [0.15, 0.2) is 0 Å². The van der Waals surface area contributed by atoms with E-state index in [0.717, 1.165) is 30.1 Å². The first-order valence-corrected chi connectivity index (χ1v) is 8.66. The van der Waals surface area contributed by atoms with Crippen LogP contribution in [0.3, 0.4) is 0 Å². The van der Waals surface area contributed by atoms with Gasteiger partial charge in [0.05, 0.1) is 12.8 Å². The van der Waals surface area contributed by atoms with Crippen LogP contribution in [-0.2, 0) is 4.79 Å². The van der Waals surface area contributed by atoms with Crippen LogP contribution in [-0.4, -0.2) is 44.1 Å². The van der Waals surface area contributed by atoms with Gasteiger partial charge < -0.3 is 14.5 Å². The molecule has 2 aromatic carbocycles. The molecule has 0 aromatic heterocycles. The largest absolute Gasteiger partial charge is 0.495 e. The molecule has 0 bridgehead atoms. The molecule has 0 atom stereocenters. The zero-order chi connectivity index (χ0) is 17.6. The summed E-state index contributed by atoms with van der Waals surface area (Å²) in [6.07, 6.45) is 3.37. The van der Waals surface area contributed by atoms with Crippen molar-refractivity contribution in [3.8, 4) is 5.75 Å². The molecule has 1 amide bonds. The topological polar surface area (TPSA) is 32.8 Å². The highest BCUT2D eigenvalue weighted by Crippen LogP contribution is 2.28. The van der Waals surface area contributed by atoms with Crippen molar-refractivity contribution in [3.05, 3.63) is 65.2 Å². The zero-order valence-corrected chi connectivity index (χ0v) is 14.9. The lowest BCUT2D eigenvalue weighted by molar-refractivity contribution is -0.126. The number of ether oxygens (including phenoxy) is 1. The highest BCUT2D eigenvalue weighted by atomic mass is 35.5. The number of benzene rings is 2. The highest BCUT2D eigenvalue weighted by molar-refractivity contribution is 6.32. The number of piperazine rings is 1. The maximum absolute atomic E-state index is 12.4. The van der Waals surface area contributed by atoms with Crippen LogP contribution in [0.4, 0.5) is 5.69 Å². The van der Waals surface area contributed by atoms with Gasteiger partial charge in [-0.2, -0.15) is 0 Å². The van der Waals surface area contributed by atoms with Gasteiger partial charge in [-0.05, 0) is 29.8 Å². The fraction of sp³-hybridized carbons (Fsp3) is 0.250. The zero-order valence-electron chi connectivity index (χ0n) is 14.2. The lowest BCUT2D eigenvalue weighted by Gasteiger charge is -2.36. The van der Waals surface area contributed by atoms with Crippen LogP contribution in [0.5, 0.6) is 5.75 Å². The number of hydrogen-bond donors (Lipinski definition) is 0. The third-order valence-corrected chi connectivity index (χ3v) is 4.67. The summed E-state index contributed by atoms with van der Waals surface area (Å²) in [6.45, 7) is 2.94. The number of rotatable bonds is 4. The van der Waals surface area contributed by atoms with Crippen molar-refractivity contribution in [1.82, 2.24) is 4.90 Å². The van der Waals surface area contributed by atoms with Gasteiger partial charge in [0.1, 0.15) is 5.75 Å². The van der Waals surface area contributed by atoms with Crippen LogP contribution >= 0.6 is 11.6 Å². The summed E-state index contributed by atoms with van der Waals surface area (Å²) in [6, 6.07) is 15.5. The van der Waals surface area contributed by atoms with Crippen molar-refractivity contribution < 1.29 is 9.53 Å². The number of anilines is 1. The van der Waals surface area contributed by atoms with Crippen molar-refractivity contribution in [1.29, 1.82) is 0 Å². The quantitative estimate of drug-likeness (QED) is 0.783. The monoisotopic (exact) mass is 356 g/mol. The van der Waals surface area contributed by atoms with Crippen LogP contribution in [0.25, 0.3) is 6.08 Å². The maximum Gasteiger partial charge on any atom is 0.246 e. The van der Waals surface area contributed by atoms with E-state index in [4.69, 9.17) is 16.3 Å². The van der Waals surface area contributed by atoms with Crippen LogP contribution in [0.1, 0.15) is 5.56 Å². The van der Waals surface area contributed by atoms with Crippen molar-refractivity contribution in [2.24, 2.45) is 0 Å². The molecular formula is C20H21ClN2O2. The first-order valence-electron chi connectivity index (χ1n) is 8.28. The Morgan fingerprint density at radius 1 is 1.04 bits per heavy atom. The number of methoxy groups -OCH3 is 1. The molecular weight excluding hydrogens is 336 g/mol. The van der Waals surface area contributed by atoms with E-state index >= 15 is 0 Å². The number of amides is 1. The molecule has 3 rings (SSSR count). The van der Waals surface area contributed by atoms with E-state index in [1.165, 1.54) is 0 Å². The third kappa shape index (κ3) is 4.15. The molecule has 0 unspecified atom stereocenters. The minimum atomic E-state index is 0.0135. The molecule has 1 saturated heterocycles. The molecule has 1 heterocycles. The van der Waals surface area contributed by atoms with Gasteiger partial charge >= 0.3 is 0 Å². The molecule has 1 fully saturated rings. The SMILES string of the molecule is COc1ccccc1N1CCN(C(=O)/C=C/c2ccccc2Cl)CC1. The van der Waals surface area contributed by atoms with Gasteiger partial charge in [-0.25, -0.2) is 0 Å². The van der Waals surface area contributed by atoms with E-state index in [-0.39, 0.29) is 5.91 Å². The van der Waals surface area contributed by atoms with Crippen LogP contribution < -0.4 is 9.64 Å². The third-order valence-electron chi connectivity index (χ3n) is 4.33. The van der Waals surface area contributed by atoms with Gasteiger partial charge in [-0.15, -0.1) is 0 Å². The summed E-state index contributed by atoms with van der Waals surface area (Å²) in [5, 5.41) is 0.646. The number of halogens is 1. The first-order chi connectivity index (χ1) is 12.2. The molecule has 25 heavy (non-hydrogen) atoms. The standard InChI is InChI=1S/C20H21ClN2O2/c1-25-19-9-5-4-8-18(19)22-12-14-23(15-13-22)20(24)11-10-16-6-2-3-7-17(16)21/h2-11H,12-15H2,1H3/b11-10+. The molecule has 1 aliphatic heterocycles. The van der Waals surface area contributed by atoms with Gasteiger partial charge in [0.2, 0.25) is 5.91 Å². The van der Waals surface area contributed by atoms with E-state index in [2.05, 4.69) is 4.90 Å². The normalized spacial score (nSPS) is 14.8. The Labute approximate surface area is 153 Å². The molecule has 130 valence electrons. The Morgan fingerprint density at radius 3 is 2.44 bits per heavy atom. The Morgan fingerprint density at radius 2 is 1.72 bits per heavy atom. The van der Waals surface area contributed by atoms with Gasteiger partial charge in [0, 0.05) is 37.3 Å². The fourth-order valence-electron chi connectivity index (χ4n) is 2.94.